The van der Waals surface area contributed by atoms with Gasteiger partial charge in [0, 0.05) is 30.3 Å². The minimum absolute atomic E-state index is 0.558. The van der Waals surface area contributed by atoms with E-state index in [9.17, 15) is 0 Å². The Balaban J connectivity index is 2.21. The molecule has 2 nitrogen and oxygen atoms in total. The van der Waals surface area contributed by atoms with Gasteiger partial charge in [0.2, 0.25) is 0 Å². The summed E-state index contributed by atoms with van der Waals surface area (Å²) in [6.45, 7) is 1.47. The van der Waals surface area contributed by atoms with Crippen LogP contribution in [-0.2, 0) is 13.1 Å². The highest BCUT2D eigenvalue weighted by molar-refractivity contribution is 9.10. The van der Waals surface area contributed by atoms with Crippen LogP contribution in [0.15, 0.2) is 39.5 Å². The van der Waals surface area contributed by atoms with Crippen LogP contribution in [0.1, 0.15) is 11.1 Å². The number of nitrogens with zero attached hydrogens (tertiary/aromatic N) is 1. The van der Waals surface area contributed by atoms with E-state index in [2.05, 4.69) is 62.9 Å². The number of anilines is 1. The molecule has 1 aromatic heterocycles. The average molecular weight is 311 g/mol. The first-order valence-corrected chi connectivity index (χ1v) is 7.15. The molecule has 4 heteroatoms. The van der Waals surface area contributed by atoms with Crippen LogP contribution in [0.3, 0.4) is 0 Å². The van der Waals surface area contributed by atoms with Crippen molar-refractivity contribution in [3.8, 4) is 0 Å². The summed E-state index contributed by atoms with van der Waals surface area (Å²) in [6.07, 6.45) is 0. The number of benzene rings is 1. The zero-order valence-electron chi connectivity index (χ0n) is 9.69. The van der Waals surface area contributed by atoms with E-state index in [0.717, 1.165) is 16.6 Å². The van der Waals surface area contributed by atoms with Crippen molar-refractivity contribution in [3.05, 3.63) is 50.6 Å². The van der Waals surface area contributed by atoms with Crippen molar-refractivity contribution >= 4 is 33.0 Å². The van der Waals surface area contributed by atoms with Crippen LogP contribution in [0.5, 0.6) is 0 Å². The molecule has 0 aliphatic heterocycles. The van der Waals surface area contributed by atoms with Crippen molar-refractivity contribution < 1.29 is 0 Å². The second-order valence-electron chi connectivity index (χ2n) is 3.96. The molecule has 0 aliphatic carbocycles. The summed E-state index contributed by atoms with van der Waals surface area (Å²) < 4.78 is 1.07. The fourth-order valence-electron chi connectivity index (χ4n) is 1.83. The zero-order valence-corrected chi connectivity index (χ0v) is 12.1. The first kappa shape index (κ1) is 12.6. The molecule has 0 spiro atoms. The topological polar surface area (TPSA) is 29.3 Å². The molecular formula is C13H15BrN2S. The minimum Gasteiger partial charge on any atom is -0.370 e. The van der Waals surface area contributed by atoms with E-state index < -0.39 is 0 Å². The summed E-state index contributed by atoms with van der Waals surface area (Å²) in [6, 6.07) is 8.40. The normalized spacial score (nSPS) is 10.5. The molecule has 2 aromatic rings. The Morgan fingerprint density at radius 1 is 1.35 bits per heavy atom. The van der Waals surface area contributed by atoms with Crippen LogP contribution >= 0.6 is 27.3 Å². The maximum atomic E-state index is 5.79. The van der Waals surface area contributed by atoms with Crippen molar-refractivity contribution in [2.24, 2.45) is 5.73 Å². The van der Waals surface area contributed by atoms with Gasteiger partial charge in [-0.2, -0.15) is 11.3 Å². The number of hydrogen-bond acceptors (Lipinski definition) is 3. The maximum absolute atomic E-state index is 5.79. The van der Waals surface area contributed by atoms with Gasteiger partial charge in [0.25, 0.3) is 0 Å². The maximum Gasteiger partial charge on any atom is 0.0434 e. The van der Waals surface area contributed by atoms with E-state index in [1.165, 1.54) is 11.3 Å². The molecule has 2 rings (SSSR count). The molecule has 1 heterocycles. The lowest BCUT2D eigenvalue weighted by Gasteiger charge is -2.22. The van der Waals surface area contributed by atoms with E-state index in [4.69, 9.17) is 5.73 Å². The Bertz CT molecular complexity index is 482. The Morgan fingerprint density at radius 2 is 2.18 bits per heavy atom. The van der Waals surface area contributed by atoms with Gasteiger partial charge >= 0.3 is 0 Å². The molecular weight excluding hydrogens is 296 g/mol. The van der Waals surface area contributed by atoms with Crippen molar-refractivity contribution in [1.29, 1.82) is 0 Å². The lowest BCUT2D eigenvalue weighted by atomic mass is 10.1. The van der Waals surface area contributed by atoms with E-state index in [0.29, 0.717) is 6.54 Å². The molecule has 0 radical (unpaired) electrons. The van der Waals surface area contributed by atoms with E-state index in [1.54, 1.807) is 11.3 Å². The van der Waals surface area contributed by atoms with Gasteiger partial charge in [-0.25, -0.2) is 0 Å². The van der Waals surface area contributed by atoms with Crippen LogP contribution < -0.4 is 10.6 Å². The van der Waals surface area contributed by atoms with Gasteiger partial charge in [-0.1, -0.05) is 15.9 Å². The molecule has 0 atom stereocenters. The summed E-state index contributed by atoms with van der Waals surface area (Å²) in [5, 5.41) is 4.28. The third-order valence-electron chi connectivity index (χ3n) is 2.67. The minimum atomic E-state index is 0.558. The summed E-state index contributed by atoms with van der Waals surface area (Å²) in [7, 11) is 2.10. The van der Waals surface area contributed by atoms with Crippen LogP contribution in [-0.4, -0.2) is 7.05 Å². The van der Waals surface area contributed by atoms with Crippen LogP contribution in [0.25, 0.3) is 0 Å². The summed E-state index contributed by atoms with van der Waals surface area (Å²) >= 11 is 5.20. The molecule has 0 saturated heterocycles. The van der Waals surface area contributed by atoms with Crippen molar-refractivity contribution in [2.45, 2.75) is 13.1 Å². The van der Waals surface area contributed by atoms with Gasteiger partial charge in [-0.15, -0.1) is 0 Å². The predicted molar refractivity (Wildman–Crippen MR) is 78.5 cm³/mol. The second kappa shape index (κ2) is 5.67. The SMILES string of the molecule is CN(Cc1ccsc1)c1ccc(Br)cc1CN. The number of rotatable bonds is 4. The van der Waals surface area contributed by atoms with Gasteiger partial charge < -0.3 is 10.6 Å². The molecule has 17 heavy (non-hydrogen) atoms. The quantitative estimate of drug-likeness (QED) is 0.935. The Labute approximate surface area is 114 Å². The largest absolute Gasteiger partial charge is 0.370 e. The molecule has 1 aromatic carbocycles. The average Bonchev–Trinajstić information content (AvgIpc) is 2.81. The predicted octanol–water partition coefficient (Wildman–Crippen LogP) is 3.61. The van der Waals surface area contributed by atoms with Gasteiger partial charge in [0.15, 0.2) is 0 Å². The summed E-state index contributed by atoms with van der Waals surface area (Å²) in [5.74, 6) is 0. The third kappa shape index (κ3) is 3.09. The van der Waals surface area contributed by atoms with E-state index in [1.807, 2.05) is 0 Å². The molecule has 0 bridgehead atoms. The first-order chi connectivity index (χ1) is 8.20. The Hall–Kier alpha value is -0.840. The Kier molecular flexibility index (Phi) is 4.20. The molecule has 90 valence electrons. The fourth-order valence-corrected chi connectivity index (χ4v) is 2.90. The smallest absolute Gasteiger partial charge is 0.0434 e. The van der Waals surface area contributed by atoms with Crippen LogP contribution in [0.4, 0.5) is 5.69 Å². The Morgan fingerprint density at radius 3 is 2.82 bits per heavy atom. The number of hydrogen-bond donors (Lipinski definition) is 1. The third-order valence-corrected chi connectivity index (χ3v) is 3.90. The van der Waals surface area contributed by atoms with E-state index >= 15 is 0 Å². The number of thiophene rings is 1. The molecule has 0 aliphatic rings. The summed E-state index contributed by atoms with van der Waals surface area (Å²) in [4.78, 5) is 2.23. The summed E-state index contributed by atoms with van der Waals surface area (Å²) in [5.41, 5.74) is 9.48. The van der Waals surface area contributed by atoms with Crippen molar-refractivity contribution in [1.82, 2.24) is 0 Å². The zero-order chi connectivity index (χ0) is 12.3. The van der Waals surface area contributed by atoms with Gasteiger partial charge in [-0.3, -0.25) is 0 Å². The number of nitrogens with two attached hydrogens (primary N) is 1. The standard InChI is InChI=1S/C13H15BrN2S/c1-16(8-10-4-5-17-9-10)13-3-2-12(14)6-11(13)7-15/h2-6,9H,7-8,15H2,1H3. The monoisotopic (exact) mass is 310 g/mol. The first-order valence-electron chi connectivity index (χ1n) is 5.41. The molecule has 0 fully saturated rings. The van der Waals surface area contributed by atoms with Gasteiger partial charge in [0.05, 0.1) is 0 Å². The second-order valence-corrected chi connectivity index (χ2v) is 5.66. The highest BCUT2D eigenvalue weighted by Gasteiger charge is 2.07. The lowest BCUT2D eigenvalue weighted by Crippen LogP contribution is -2.18. The van der Waals surface area contributed by atoms with Crippen molar-refractivity contribution in [3.63, 3.8) is 0 Å². The van der Waals surface area contributed by atoms with Crippen molar-refractivity contribution in [2.75, 3.05) is 11.9 Å². The lowest BCUT2D eigenvalue weighted by molar-refractivity contribution is 0.907. The fraction of sp³-hybridized carbons (Fsp3) is 0.231. The molecule has 0 amide bonds. The molecule has 2 N–H and O–H groups in total. The highest BCUT2D eigenvalue weighted by Crippen LogP contribution is 2.25. The van der Waals surface area contributed by atoms with Crippen LogP contribution in [0, 0.1) is 0 Å². The molecule has 0 unspecified atom stereocenters. The van der Waals surface area contributed by atoms with Gasteiger partial charge in [-0.05, 0) is 46.2 Å². The van der Waals surface area contributed by atoms with Gasteiger partial charge in [0.1, 0.15) is 0 Å². The number of halogens is 1. The van der Waals surface area contributed by atoms with Crippen LogP contribution in [0.2, 0.25) is 0 Å². The van der Waals surface area contributed by atoms with E-state index in [-0.39, 0.29) is 0 Å². The molecule has 0 saturated carbocycles. The highest BCUT2D eigenvalue weighted by atomic mass is 79.9.